The quantitative estimate of drug-likeness (QED) is 0.610. The highest BCUT2D eigenvalue weighted by atomic mass is 16.5. The number of nitrogens with two attached hydrogens (primary N) is 1. The van der Waals surface area contributed by atoms with E-state index in [0.717, 1.165) is 12.8 Å². The molecule has 0 atom stereocenters. The Balaban J connectivity index is 2.82. The van der Waals surface area contributed by atoms with Gasteiger partial charge in [0.2, 0.25) is 0 Å². The maximum Gasteiger partial charge on any atom is 0.340 e. The van der Waals surface area contributed by atoms with E-state index in [-0.39, 0.29) is 0 Å². The fraction of sp³-hybridized carbons (Fsp3) is 0.462. The molecule has 0 heterocycles. The van der Waals surface area contributed by atoms with Crippen LogP contribution in [0, 0.1) is 0 Å². The van der Waals surface area contributed by atoms with Gasteiger partial charge in [0.05, 0.1) is 24.5 Å². The maximum absolute atomic E-state index is 11.7. The molecule has 1 aromatic carbocycles. The molecule has 4 heteroatoms. The molecule has 0 bridgehead atoms. The van der Waals surface area contributed by atoms with E-state index < -0.39 is 5.97 Å². The molecule has 0 saturated heterocycles. The van der Waals surface area contributed by atoms with Crippen LogP contribution in [-0.4, -0.2) is 19.2 Å². The van der Waals surface area contributed by atoms with Crippen molar-refractivity contribution >= 4 is 11.7 Å². The zero-order chi connectivity index (χ0) is 12.7. The molecule has 4 nitrogen and oxygen atoms in total. The molecule has 0 spiro atoms. The third kappa shape index (κ3) is 3.66. The summed E-state index contributed by atoms with van der Waals surface area (Å²) >= 11 is 0. The van der Waals surface area contributed by atoms with Crippen molar-refractivity contribution in [3.63, 3.8) is 0 Å². The Bertz CT molecular complexity index is 377. The van der Waals surface area contributed by atoms with Gasteiger partial charge >= 0.3 is 5.97 Å². The van der Waals surface area contributed by atoms with Gasteiger partial charge in [0, 0.05) is 0 Å². The zero-order valence-corrected chi connectivity index (χ0v) is 10.4. The average Bonchev–Trinajstić information content (AvgIpc) is 2.34. The van der Waals surface area contributed by atoms with Gasteiger partial charge in [-0.2, -0.15) is 0 Å². The summed E-state index contributed by atoms with van der Waals surface area (Å²) in [5.74, 6) is 0.143. The van der Waals surface area contributed by atoms with Gasteiger partial charge in [-0.3, -0.25) is 0 Å². The first-order valence-electron chi connectivity index (χ1n) is 5.89. The largest absolute Gasteiger partial charge is 0.491 e. The summed E-state index contributed by atoms with van der Waals surface area (Å²) in [4.78, 5) is 11.7. The number of benzene rings is 1. The van der Waals surface area contributed by atoms with Crippen molar-refractivity contribution in [2.45, 2.75) is 26.7 Å². The lowest BCUT2D eigenvalue weighted by Gasteiger charge is -2.11. The van der Waals surface area contributed by atoms with E-state index in [0.29, 0.717) is 30.2 Å². The molecule has 0 fully saturated rings. The molecule has 0 amide bonds. The van der Waals surface area contributed by atoms with E-state index in [1.165, 1.54) is 0 Å². The first-order chi connectivity index (χ1) is 8.20. The summed E-state index contributed by atoms with van der Waals surface area (Å²) in [6, 6.07) is 5.14. The van der Waals surface area contributed by atoms with Crippen molar-refractivity contribution in [2.75, 3.05) is 18.9 Å². The van der Waals surface area contributed by atoms with Crippen molar-refractivity contribution in [1.29, 1.82) is 0 Å². The van der Waals surface area contributed by atoms with Crippen molar-refractivity contribution in [1.82, 2.24) is 0 Å². The topological polar surface area (TPSA) is 61.5 Å². The zero-order valence-electron chi connectivity index (χ0n) is 10.4. The molecule has 0 radical (unpaired) electrons. The van der Waals surface area contributed by atoms with Crippen molar-refractivity contribution in [2.24, 2.45) is 0 Å². The van der Waals surface area contributed by atoms with Crippen molar-refractivity contribution in [3.05, 3.63) is 23.8 Å². The van der Waals surface area contributed by atoms with E-state index in [1.54, 1.807) is 18.2 Å². The first kappa shape index (κ1) is 13.4. The standard InChI is InChI=1S/C13H19NO3/c1-3-8-16-11-7-5-6-10(12(11)14)13(15)17-9-4-2/h5-7H,3-4,8-9,14H2,1-2H3. The molecular weight excluding hydrogens is 218 g/mol. The summed E-state index contributed by atoms with van der Waals surface area (Å²) in [5, 5.41) is 0. The lowest BCUT2D eigenvalue weighted by atomic mass is 10.1. The molecule has 0 aliphatic carbocycles. The predicted molar refractivity (Wildman–Crippen MR) is 67.2 cm³/mol. The minimum Gasteiger partial charge on any atom is -0.491 e. The highest BCUT2D eigenvalue weighted by molar-refractivity contribution is 5.96. The molecule has 2 N–H and O–H groups in total. The summed E-state index contributed by atoms with van der Waals surface area (Å²) in [6.45, 7) is 4.93. The number of hydrogen-bond donors (Lipinski definition) is 1. The highest BCUT2D eigenvalue weighted by Gasteiger charge is 2.14. The van der Waals surface area contributed by atoms with Gasteiger partial charge in [0.25, 0.3) is 0 Å². The smallest absolute Gasteiger partial charge is 0.340 e. The maximum atomic E-state index is 11.7. The fourth-order valence-corrected chi connectivity index (χ4v) is 1.33. The second kappa shape index (κ2) is 6.78. The number of ether oxygens (including phenoxy) is 2. The van der Waals surface area contributed by atoms with Crippen LogP contribution < -0.4 is 10.5 Å². The van der Waals surface area contributed by atoms with Crippen LogP contribution in [0.4, 0.5) is 5.69 Å². The van der Waals surface area contributed by atoms with Crippen LogP contribution in [0.25, 0.3) is 0 Å². The summed E-state index contributed by atoms with van der Waals surface area (Å²) in [5.41, 5.74) is 6.59. The number of carbonyl (C=O) groups is 1. The Morgan fingerprint density at radius 1 is 1.24 bits per heavy atom. The molecule has 0 unspecified atom stereocenters. The number of anilines is 1. The molecule has 94 valence electrons. The van der Waals surface area contributed by atoms with Crippen LogP contribution in [0.5, 0.6) is 5.75 Å². The number of nitrogen functional groups attached to an aromatic ring is 1. The number of rotatable bonds is 6. The Kier molecular flexibility index (Phi) is 5.33. The average molecular weight is 237 g/mol. The van der Waals surface area contributed by atoms with E-state index in [2.05, 4.69) is 0 Å². The monoisotopic (exact) mass is 237 g/mol. The van der Waals surface area contributed by atoms with Crippen molar-refractivity contribution < 1.29 is 14.3 Å². The minimum absolute atomic E-state index is 0.349. The van der Waals surface area contributed by atoms with Crippen LogP contribution >= 0.6 is 0 Å². The molecule has 1 aromatic rings. The van der Waals surface area contributed by atoms with E-state index in [4.69, 9.17) is 15.2 Å². The van der Waals surface area contributed by atoms with E-state index in [1.807, 2.05) is 13.8 Å². The molecule has 0 aromatic heterocycles. The minimum atomic E-state index is -0.397. The Hall–Kier alpha value is -1.71. The van der Waals surface area contributed by atoms with E-state index >= 15 is 0 Å². The molecule has 0 aliphatic heterocycles. The normalized spacial score (nSPS) is 10.0. The molecular formula is C13H19NO3. The van der Waals surface area contributed by atoms with Crippen LogP contribution in [-0.2, 0) is 4.74 Å². The van der Waals surface area contributed by atoms with Crippen molar-refractivity contribution in [3.8, 4) is 5.75 Å². The fourth-order valence-electron chi connectivity index (χ4n) is 1.33. The number of hydrogen-bond acceptors (Lipinski definition) is 4. The molecule has 1 rings (SSSR count). The van der Waals surface area contributed by atoms with Gasteiger partial charge in [-0.1, -0.05) is 19.9 Å². The number of para-hydroxylation sites is 1. The van der Waals surface area contributed by atoms with Crippen LogP contribution in [0.15, 0.2) is 18.2 Å². The van der Waals surface area contributed by atoms with E-state index in [9.17, 15) is 4.79 Å². The molecule has 0 aliphatic rings. The Labute approximate surface area is 102 Å². The third-order valence-electron chi connectivity index (χ3n) is 2.19. The van der Waals surface area contributed by atoms with Crippen LogP contribution in [0.1, 0.15) is 37.0 Å². The number of esters is 1. The highest BCUT2D eigenvalue weighted by Crippen LogP contribution is 2.25. The van der Waals surface area contributed by atoms with Gasteiger partial charge in [-0.15, -0.1) is 0 Å². The predicted octanol–water partition coefficient (Wildman–Crippen LogP) is 2.62. The Morgan fingerprint density at radius 3 is 2.59 bits per heavy atom. The summed E-state index contributed by atoms with van der Waals surface area (Å²) < 4.78 is 10.5. The lowest BCUT2D eigenvalue weighted by Crippen LogP contribution is -2.10. The second-order valence-corrected chi connectivity index (χ2v) is 3.70. The van der Waals surface area contributed by atoms with Crippen LogP contribution in [0.3, 0.4) is 0 Å². The number of carbonyl (C=O) groups excluding carboxylic acids is 1. The molecule has 17 heavy (non-hydrogen) atoms. The SMILES string of the molecule is CCCOC(=O)c1cccc(OCCC)c1N. The lowest BCUT2D eigenvalue weighted by molar-refractivity contribution is 0.0506. The van der Waals surface area contributed by atoms with Gasteiger partial charge in [0.15, 0.2) is 0 Å². The van der Waals surface area contributed by atoms with Gasteiger partial charge < -0.3 is 15.2 Å². The van der Waals surface area contributed by atoms with Crippen LogP contribution in [0.2, 0.25) is 0 Å². The summed E-state index contributed by atoms with van der Waals surface area (Å²) in [7, 11) is 0. The van der Waals surface area contributed by atoms with Gasteiger partial charge in [0.1, 0.15) is 5.75 Å². The summed E-state index contributed by atoms with van der Waals surface area (Å²) in [6.07, 6.45) is 1.68. The Morgan fingerprint density at radius 2 is 1.94 bits per heavy atom. The second-order valence-electron chi connectivity index (χ2n) is 3.70. The van der Waals surface area contributed by atoms with Gasteiger partial charge in [-0.05, 0) is 25.0 Å². The molecule has 0 saturated carbocycles. The first-order valence-corrected chi connectivity index (χ1v) is 5.89. The third-order valence-corrected chi connectivity index (χ3v) is 2.19. The van der Waals surface area contributed by atoms with Gasteiger partial charge in [-0.25, -0.2) is 4.79 Å².